The van der Waals surface area contributed by atoms with Gasteiger partial charge in [-0.25, -0.2) is 0 Å². The van der Waals surface area contributed by atoms with Gasteiger partial charge in [-0.3, -0.25) is 4.79 Å². The van der Waals surface area contributed by atoms with Crippen LogP contribution in [-0.2, 0) is 6.18 Å². The van der Waals surface area contributed by atoms with E-state index in [0.29, 0.717) is 11.0 Å². The van der Waals surface area contributed by atoms with Crippen molar-refractivity contribution < 1.29 is 18.0 Å². The standard InChI is InChI=1S/C13H14BrF3N2O/c1-19-5-4-9(7-19)18-12(20)10-6-8(13(15,16)17)2-3-11(10)14/h2-3,6,9H,4-5,7H2,1H3,(H,18,20). The molecule has 1 atom stereocenters. The van der Waals surface area contributed by atoms with Crippen molar-refractivity contribution in [2.45, 2.75) is 18.6 Å². The van der Waals surface area contributed by atoms with Gasteiger partial charge >= 0.3 is 6.18 Å². The van der Waals surface area contributed by atoms with Crippen LogP contribution in [-0.4, -0.2) is 37.0 Å². The average molecular weight is 351 g/mol. The van der Waals surface area contributed by atoms with E-state index in [2.05, 4.69) is 26.1 Å². The number of hydrogen-bond acceptors (Lipinski definition) is 2. The van der Waals surface area contributed by atoms with E-state index < -0.39 is 17.6 Å². The first kappa shape index (κ1) is 15.3. The van der Waals surface area contributed by atoms with Gasteiger partial charge < -0.3 is 10.2 Å². The number of likely N-dealkylation sites (tertiary alicyclic amines) is 1. The van der Waals surface area contributed by atoms with E-state index in [-0.39, 0.29) is 11.6 Å². The molecule has 0 aliphatic carbocycles. The summed E-state index contributed by atoms with van der Waals surface area (Å²) in [5.74, 6) is -0.483. The second kappa shape index (κ2) is 5.73. The highest BCUT2D eigenvalue weighted by Gasteiger charge is 2.32. The Morgan fingerprint density at radius 1 is 1.45 bits per heavy atom. The van der Waals surface area contributed by atoms with Gasteiger partial charge in [0.25, 0.3) is 5.91 Å². The molecular formula is C13H14BrF3N2O. The number of carbonyl (C=O) groups excluding carboxylic acids is 1. The molecular weight excluding hydrogens is 337 g/mol. The third-order valence-corrected chi connectivity index (χ3v) is 3.96. The van der Waals surface area contributed by atoms with Crippen LogP contribution in [0.3, 0.4) is 0 Å². The molecule has 0 bridgehead atoms. The Balaban J connectivity index is 2.17. The minimum Gasteiger partial charge on any atom is -0.348 e. The number of likely N-dealkylation sites (N-methyl/N-ethyl adjacent to an activating group) is 1. The van der Waals surface area contributed by atoms with E-state index in [0.717, 1.165) is 25.1 Å². The predicted octanol–water partition coefficient (Wildman–Crippen LogP) is 2.90. The molecule has 1 N–H and O–H groups in total. The number of nitrogens with zero attached hydrogens (tertiary/aromatic N) is 1. The van der Waals surface area contributed by atoms with Crippen LogP contribution < -0.4 is 5.32 Å². The lowest BCUT2D eigenvalue weighted by atomic mass is 10.1. The van der Waals surface area contributed by atoms with E-state index in [1.54, 1.807) is 0 Å². The minimum absolute atomic E-state index is 0.00868. The number of halogens is 4. The summed E-state index contributed by atoms with van der Waals surface area (Å²) in [5, 5.41) is 2.77. The molecule has 110 valence electrons. The molecule has 0 saturated carbocycles. The Labute approximate surface area is 123 Å². The Bertz CT molecular complexity index is 519. The van der Waals surface area contributed by atoms with Crippen molar-refractivity contribution >= 4 is 21.8 Å². The van der Waals surface area contributed by atoms with E-state index >= 15 is 0 Å². The van der Waals surface area contributed by atoms with Gasteiger partial charge in [-0.15, -0.1) is 0 Å². The summed E-state index contributed by atoms with van der Waals surface area (Å²) in [4.78, 5) is 14.1. The highest BCUT2D eigenvalue weighted by atomic mass is 79.9. The van der Waals surface area contributed by atoms with Crippen molar-refractivity contribution in [1.29, 1.82) is 0 Å². The molecule has 1 saturated heterocycles. The summed E-state index contributed by atoms with van der Waals surface area (Å²) in [5.41, 5.74) is -0.816. The van der Waals surface area contributed by atoms with Crippen LogP contribution in [0.25, 0.3) is 0 Å². The van der Waals surface area contributed by atoms with Crippen LogP contribution in [0, 0.1) is 0 Å². The average Bonchev–Trinajstić information content (AvgIpc) is 2.73. The molecule has 0 radical (unpaired) electrons. The summed E-state index contributed by atoms with van der Waals surface area (Å²) in [6.45, 7) is 1.58. The third kappa shape index (κ3) is 3.52. The second-order valence-corrected chi connectivity index (χ2v) is 5.77. The first-order chi connectivity index (χ1) is 9.27. The zero-order chi connectivity index (χ0) is 14.9. The monoisotopic (exact) mass is 350 g/mol. The SMILES string of the molecule is CN1CCC(NC(=O)c2cc(C(F)(F)F)ccc2Br)C1. The molecule has 1 aliphatic heterocycles. The second-order valence-electron chi connectivity index (χ2n) is 4.91. The molecule has 1 amide bonds. The topological polar surface area (TPSA) is 32.3 Å². The Morgan fingerprint density at radius 2 is 2.15 bits per heavy atom. The molecule has 1 aromatic carbocycles. The number of amides is 1. The Kier molecular flexibility index (Phi) is 4.39. The zero-order valence-electron chi connectivity index (χ0n) is 10.8. The molecule has 1 aromatic rings. The molecule has 2 rings (SSSR count). The number of benzene rings is 1. The highest BCUT2D eigenvalue weighted by Crippen LogP contribution is 2.31. The van der Waals surface area contributed by atoms with Crippen LogP contribution >= 0.6 is 15.9 Å². The van der Waals surface area contributed by atoms with Crippen LogP contribution in [0.15, 0.2) is 22.7 Å². The fraction of sp³-hybridized carbons (Fsp3) is 0.462. The lowest BCUT2D eigenvalue weighted by Gasteiger charge is -2.15. The first-order valence-electron chi connectivity index (χ1n) is 6.13. The van der Waals surface area contributed by atoms with Crippen LogP contribution in [0.5, 0.6) is 0 Å². The van der Waals surface area contributed by atoms with E-state index in [1.165, 1.54) is 6.07 Å². The molecule has 0 spiro atoms. The lowest BCUT2D eigenvalue weighted by molar-refractivity contribution is -0.137. The van der Waals surface area contributed by atoms with Crippen LogP contribution in [0.1, 0.15) is 22.3 Å². The predicted molar refractivity (Wildman–Crippen MR) is 72.5 cm³/mol. The van der Waals surface area contributed by atoms with Gasteiger partial charge in [-0.2, -0.15) is 13.2 Å². The number of carbonyl (C=O) groups is 1. The van der Waals surface area contributed by atoms with Gasteiger partial charge in [-0.1, -0.05) is 0 Å². The van der Waals surface area contributed by atoms with Crippen LogP contribution in [0.2, 0.25) is 0 Å². The summed E-state index contributed by atoms with van der Waals surface area (Å²) in [6, 6.07) is 3.05. The molecule has 1 unspecified atom stereocenters. The van der Waals surface area contributed by atoms with Gasteiger partial charge in [0.2, 0.25) is 0 Å². The quantitative estimate of drug-likeness (QED) is 0.889. The fourth-order valence-electron chi connectivity index (χ4n) is 2.19. The van der Waals surface area contributed by atoms with Gasteiger partial charge in [0, 0.05) is 17.1 Å². The largest absolute Gasteiger partial charge is 0.416 e. The molecule has 1 aliphatic rings. The van der Waals surface area contributed by atoms with Gasteiger partial charge in [0.15, 0.2) is 0 Å². The zero-order valence-corrected chi connectivity index (χ0v) is 12.4. The van der Waals surface area contributed by atoms with E-state index in [4.69, 9.17) is 0 Å². The van der Waals surface area contributed by atoms with Crippen molar-refractivity contribution in [1.82, 2.24) is 10.2 Å². The number of rotatable bonds is 2. The maximum absolute atomic E-state index is 12.7. The summed E-state index contributed by atoms with van der Waals surface area (Å²) in [6.07, 6.45) is -3.65. The van der Waals surface area contributed by atoms with E-state index in [1.807, 2.05) is 7.05 Å². The van der Waals surface area contributed by atoms with Crippen molar-refractivity contribution in [3.05, 3.63) is 33.8 Å². The maximum Gasteiger partial charge on any atom is 0.416 e. The molecule has 20 heavy (non-hydrogen) atoms. The van der Waals surface area contributed by atoms with E-state index in [9.17, 15) is 18.0 Å². The normalized spacial score (nSPS) is 20.1. The number of hydrogen-bond donors (Lipinski definition) is 1. The fourth-order valence-corrected chi connectivity index (χ4v) is 2.62. The van der Waals surface area contributed by atoms with Crippen molar-refractivity contribution in [3.63, 3.8) is 0 Å². The maximum atomic E-state index is 12.7. The van der Waals surface area contributed by atoms with Gasteiger partial charge in [0.05, 0.1) is 11.1 Å². The van der Waals surface area contributed by atoms with Gasteiger partial charge in [0.1, 0.15) is 0 Å². The lowest BCUT2D eigenvalue weighted by Crippen LogP contribution is -2.36. The minimum atomic E-state index is -4.46. The molecule has 7 heteroatoms. The van der Waals surface area contributed by atoms with Crippen molar-refractivity contribution in [3.8, 4) is 0 Å². The summed E-state index contributed by atoms with van der Waals surface area (Å²) >= 11 is 3.12. The smallest absolute Gasteiger partial charge is 0.348 e. The van der Waals surface area contributed by atoms with Crippen molar-refractivity contribution in [2.24, 2.45) is 0 Å². The number of nitrogens with one attached hydrogen (secondary N) is 1. The van der Waals surface area contributed by atoms with Crippen molar-refractivity contribution in [2.75, 3.05) is 20.1 Å². The third-order valence-electron chi connectivity index (χ3n) is 3.26. The first-order valence-corrected chi connectivity index (χ1v) is 6.93. The highest BCUT2D eigenvalue weighted by molar-refractivity contribution is 9.10. The molecule has 1 heterocycles. The molecule has 3 nitrogen and oxygen atoms in total. The summed E-state index contributed by atoms with van der Waals surface area (Å²) < 4.78 is 38.4. The summed E-state index contributed by atoms with van der Waals surface area (Å²) in [7, 11) is 1.94. The molecule has 1 fully saturated rings. The van der Waals surface area contributed by atoms with Gasteiger partial charge in [-0.05, 0) is 54.1 Å². The number of alkyl halides is 3. The van der Waals surface area contributed by atoms with Crippen LogP contribution in [0.4, 0.5) is 13.2 Å². The molecule has 0 aromatic heterocycles. The Hall–Kier alpha value is -1.08. The Morgan fingerprint density at radius 3 is 2.70 bits per heavy atom.